The number of unbranched alkanes of at least 4 members (excludes halogenated alkanes) is 11. The number of nitrogens with zero attached hydrogens (tertiary/aromatic N) is 6. The highest BCUT2D eigenvalue weighted by Crippen LogP contribution is 2.13. The minimum Gasteiger partial charge on any atom is -0.354 e. The number of rotatable bonds is 31. The predicted octanol–water partition coefficient (Wildman–Crippen LogP) is 4.51. The molecule has 0 radical (unpaired) electrons. The van der Waals surface area contributed by atoms with Crippen LogP contribution in [0.5, 0.6) is 0 Å². The van der Waals surface area contributed by atoms with E-state index in [1.165, 1.54) is 51.4 Å². The Morgan fingerprint density at radius 1 is 0.380 bits per heavy atom. The molecule has 2 aromatic rings. The third-order valence-electron chi connectivity index (χ3n) is 7.35. The molecule has 0 aromatic carbocycles. The average Bonchev–Trinajstić information content (AvgIpc) is 3.04. The number of hydrogen-bond donors (Lipinski definition) is 8. The first-order valence-electron chi connectivity index (χ1n) is 17.8. The van der Waals surface area contributed by atoms with Gasteiger partial charge in [0.25, 0.3) is 20.2 Å². The Kier molecular flexibility index (Phi) is 21.2. The van der Waals surface area contributed by atoms with Gasteiger partial charge in [0, 0.05) is 39.3 Å². The molecular weight excluding hydrogens is 689 g/mol. The Balaban J connectivity index is 1.89. The summed E-state index contributed by atoms with van der Waals surface area (Å²) in [6.45, 7) is 6.71. The second-order valence-corrected chi connectivity index (χ2v) is 15.1. The van der Waals surface area contributed by atoms with Crippen LogP contribution in [0, 0.1) is 0 Å². The molecule has 2 rings (SSSR count). The first-order chi connectivity index (χ1) is 24.0. The quantitative estimate of drug-likeness (QED) is 0.0390. The Morgan fingerprint density at radius 3 is 0.860 bits per heavy atom. The Labute approximate surface area is 297 Å². The molecule has 8 N–H and O–H groups in total. The lowest BCUT2D eigenvalue weighted by Gasteiger charge is -2.12. The van der Waals surface area contributed by atoms with E-state index in [0.717, 1.165) is 38.5 Å². The molecule has 286 valence electrons. The van der Waals surface area contributed by atoms with E-state index >= 15 is 0 Å². The van der Waals surface area contributed by atoms with Gasteiger partial charge >= 0.3 is 0 Å². The summed E-state index contributed by atoms with van der Waals surface area (Å²) in [6, 6.07) is 0. The van der Waals surface area contributed by atoms with Crippen molar-refractivity contribution in [3.05, 3.63) is 0 Å². The topological polar surface area (TPSA) is 258 Å². The zero-order valence-corrected chi connectivity index (χ0v) is 31.2. The summed E-state index contributed by atoms with van der Waals surface area (Å²) in [5.41, 5.74) is 0. The van der Waals surface area contributed by atoms with Crippen LogP contribution in [0.3, 0.4) is 0 Å². The lowest BCUT2D eigenvalue weighted by atomic mass is 10.1. The molecule has 18 nitrogen and oxygen atoms in total. The van der Waals surface area contributed by atoms with Crippen molar-refractivity contribution in [2.45, 2.75) is 104 Å². The van der Waals surface area contributed by atoms with E-state index in [-0.39, 0.29) is 25.0 Å². The van der Waals surface area contributed by atoms with Gasteiger partial charge in [0.1, 0.15) is 0 Å². The first kappa shape index (κ1) is 42.8. The molecule has 0 saturated heterocycles. The van der Waals surface area contributed by atoms with Gasteiger partial charge in [0.15, 0.2) is 0 Å². The maximum Gasteiger partial charge on any atom is 0.266 e. The fourth-order valence-electron chi connectivity index (χ4n) is 4.67. The summed E-state index contributed by atoms with van der Waals surface area (Å²) in [7, 11) is -8.26. The van der Waals surface area contributed by atoms with E-state index in [1.54, 1.807) is 0 Å². The largest absolute Gasteiger partial charge is 0.354 e. The first-order valence-corrected chi connectivity index (χ1v) is 21.0. The van der Waals surface area contributed by atoms with Gasteiger partial charge < -0.3 is 31.9 Å². The van der Waals surface area contributed by atoms with E-state index in [2.05, 4.69) is 75.7 Å². The highest BCUT2D eigenvalue weighted by Gasteiger charge is 2.11. The van der Waals surface area contributed by atoms with Crippen molar-refractivity contribution in [3.63, 3.8) is 0 Å². The Hall–Kier alpha value is -3.36. The molecule has 0 unspecified atom stereocenters. The fraction of sp³-hybridized carbons (Fsp3) is 0.800. The molecule has 20 heteroatoms. The molecule has 0 spiro atoms. The summed E-state index contributed by atoms with van der Waals surface area (Å²) in [5.74, 6) is 0.806. The van der Waals surface area contributed by atoms with E-state index in [9.17, 15) is 16.8 Å². The van der Waals surface area contributed by atoms with Crippen LogP contribution in [-0.4, -0.2) is 107 Å². The third-order valence-corrected chi connectivity index (χ3v) is 8.79. The van der Waals surface area contributed by atoms with Gasteiger partial charge in [-0.1, -0.05) is 78.1 Å². The molecule has 2 aromatic heterocycles. The summed E-state index contributed by atoms with van der Waals surface area (Å²) >= 11 is 0. The SMILES string of the molecule is CCCCCCCCNc1nc(NCCCCNc2nc(NCCCCCCCC)nc(NCCS(=O)(=O)O)n2)nc(NCCS(=O)(=O)O)n1. The summed E-state index contributed by atoms with van der Waals surface area (Å²) in [6.07, 6.45) is 15.3. The van der Waals surface area contributed by atoms with Gasteiger partial charge in [-0.05, 0) is 25.7 Å². The number of nitrogens with one attached hydrogen (secondary N) is 6. The number of anilines is 6. The van der Waals surface area contributed by atoms with Gasteiger partial charge in [0.05, 0.1) is 11.5 Å². The molecule has 0 aliphatic rings. The summed E-state index contributed by atoms with van der Waals surface area (Å²) in [5, 5.41) is 18.5. The smallest absolute Gasteiger partial charge is 0.266 e. The van der Waals surface area contributed by atoms with Crippen molar-refractivity contribution in [2.75, 3.05) is 82.7 Å². The average molecular weight is 747 g/mol. The van der Waals surface area contributed by atoms with Crippen molar-refractivity contribution < 1.29 is 25.9 Å². The lowest BCUT2D eigenvalue weighted by Crippen LogP contribution is -2.18. The van der Waals surface area contributed by atoms with Crippen LogP contribution in [0.15, 0.2) is 0 Å². The van der Waals surface area contributed by atoms with Crippen LogP contribution >= 0.6 is 0 Å². The van der Waals surface area contributed by atoms with Gasteiger partial charge in [0.2, 0.25) is 35.7 Å². The van der Waals surface area contributed by atoms with Crippen LogP contribution < -0.4 is 31.9 Å². The van der Waals surface area contributed by atoms with Crippen molar-refractivity contribution in [1.82, 2.24) is 29.9 Å². The van der Waals surface area contributed by atoms with Crippen LogP contribution in [0.2, 0.25) is 0 Å². The molecule has 0 aliphatic carbocycles. The van der Waals surface area contributed by atoms with Crippen molar-refractivity contribution in [3.8, 4) is 0 Å². The van der Waals surface area contributed by atoms with Gasteiger partial charge in [-0.3, -0.25) is 9.11 Å². The van der Waals surface area contributed by atoms with Crippen LogP contribution in [0.4, 0.5) is 35.7 Å². The molecule has 0 amide bonds. The zero-order chi connectivity index (χ0) is 36.5. The Bertz CT molecular complexity index is 1330. The predicted molar refractivity (Wildman–Crippen MR) is 199 cm³/mol. The minimum atomic E-state index is -4.13. The summed E-state index contributed by atoms with van der Waals surface area (Å²) < 4.78 is 62.6. The minimum absolute atomic E-state index is 0.0596. The lowest BCUT2D eigenvalue weighted by molar-refractivity contribution is 0.481. The van der Waals surface area contributed by atoms with E-state index in [0.29, 0.717) is 50.0 Å². The molecule has 0 atom stereocenters. The molecule has 0 bridgehead atoms. The van der Waals surface area contributed by atoms with Gasteiger partial charge in [-0.15, -0.1) is 0 Å². The highest BCUT2D eigenvalue weighted by molar-refractivity contribution is 7.86. The zero-order valence-electron chi connectivity index (χ0n) is 29.6. The standard InChI is InChI=1S/C30H58N12O6S2/c1-3-5-7-9-11-13-17-31-25-37-27(41-29(39-25)35-21-23-49(43,44)45)33-19-15-16-20-34-28-38-26(32-18-14-12-10-8-6-4-2)40-30(42-28)36-22-24-50(46,47)48/h3-24H2,1-2H3,(H,43,44,45)(H,46,47,48)(H3,31,33,35,37,39,41)(H3,32,34,36,38,40,42). The number of aromatic nitrogens is 6. The molecule has 0 aliphatic heterocycles. The van der Waals surface area contributed by atoms with Gasteiger partial charge in [-0.2, -0.15) is 46.7 Å². The van der Waals surface area contributed by atoms with Crippen LogP contribution in [-0.2, 0) is 20.2 Å². The number of hydrogen-bond acceptors (Lipinski definition) is 16. The maximum absolute atomic E-state index is 11.1. The van der Waals surface area contributed by atoms with Gasteiger partial charge in [-0.25, -0.2) is 0 Å². The molecular formula is C30H58N12O6S2. The molecule has 2 heterocycles. The normalized spacial score (nSPS) is 11.7. The van der Waals surface area contributed by atoms with Crippen LogP contribution in [0.25, 0.3) is 0 Å². The third kappa shape index (κ3) is 22.4. The van der Waals surface area contributed by atoms with Crippen molar-refractivity contribution in [1.29, 1.82) is 0 Å². The fourth-order valence-corrected chi connectivity index (χ4v) is 5.39. The van der Waals surface area contributed by atoms with E-state index < -0.39 is 31.7 Å². The summed E-state index contributed by atoms with van der Waals surface area (Å²) in [4.78, 5) is 26.2. The van der Waals surface area contributed by atoms with Crippen molar-refractivity contribution in [2.24, 2.45) is 0 Å². The second kappa shape index (κ2) is 24.7. The molecule has 0 saturated carbocycles. The Morgan fingerprint density at radius 2 is 0.600 bits per heavy atom. The highest BCUT2D eigenvalue weighted by atomic mass is 32.2. The monoisotopic (exact) mass is 746 g/mol. The molecule has 0 fully saturated rings. The van der Waals surface area contributed by atoms with E-state index in [1.807, 2.05) is 0 Å². The van der Waals surface area contributed by atoms with Crippen molar-refractivity contribution >= 4 is 55.9 Å². The second-order valence-electron chi connectivity index (χ2n) is 12.0. The van der Waals surface area contributed by atoms with E-state index in [4.69, 9.17) is 9.11 Å². The maximum atomic E-state index is 11.1. The van der Waals surface area contributed by atoms with Crippen LogP contribution in [0.1, 0.15) is 104 Å². The molecule has 50 heavy (non-hydrogen) atoms.